The molecule has 2 N–H and O–H groups in total. The number of thiophene rings is 1. The summed E-state index contributed by atoms with van der Waals surface area (Å²) in [6, 6.07) is 0. The zero-order valence-electron chi connectivity index (χ0n) is 19.5. The Bertz CT molecular complexity index is 1330. The minimum Gasteiger partial charge on any atom is -0.372 e. The van der Waals surface area contributed by atoms with E-state index in [0.29, 0.717) is 11.8 Å². The number of morpholine rings is 1. The van der Waals surface area contributed by atoms with Crippen molar-refractivity contribution in [2.45, 2.75) is 64.9 Å². The Morgan fingerprint density at radius 2 is 2.00 bits per heavy atom. The van der Waals surface area contributed by atoms with Gasteiger partial charge in [0.25, 0.3) is 0 Å². The molecule has 7 heteroatoms. The van der Waals surface area contributed by atoms with Crippen molar-refractivity contribution in [3.63, 3.8) is 0 Å². The summed E-state index contributed by atoms with van der Waals surface area (Å²) in [5.41, 5.74) is 8.79. The van der Waals surface area contributed by atoms with Crippen molar-refractivity contribution in [3.05, 3.63) is 39.7 Å². The average molecular weight is 450 g/mol. The molecule has 4 aromatic rings. The van der Waals surface area contributed by atoms with Crippen molar-refractivity contribution in [2.24, 2.45) is 0 Å². The van der Waals surface area contributed by atoms with Gasteiger partial charge in [-0.25, -0.2) is 9.50 Å². The van der Waals surface area contributed by atoms with Gasteiger partial charge < -0.3 is 15.0 Å². The molecule has 1 spiro atoms. The van der Waals surface area contributed by atoms with Crippen LogP contribution in [0.4, 0.5) is 0 Å². The molecular weight excluding hydrogens is 418 g/mol. The normalized spacial score (nSPS) is 23.6. The van der Waals surface area contributed by atoms with Crippen LogP contribution >= 0.6 is 11.3 Å². The van der Waals surface area contributed by atoms with Gasteiger partial charge in [0.15, 0.2) is 5.65 Å². The molecule has 0 radical (unpaired) electrons. The largest absolute Gasteiger partial charge is 0.372 e. The highest BCUT2D eigenvalue weighted by atomic mass is 32.1. The highest BCUT2D eigenvalue weighted by Gasteiger charge is 2.48. The third-order valence-electron chi connectivity index (χ3n) is 7.68. The Kier molecular flexibility index (Phi) is 4.55. The van der Waals surface area contributed by atoms with E-state index in [1.807, 2.05) is 15.9 Å². The van der Waals surface area contributed by atoms with Gasteiger partial charge >= 0.3 is 0 Å². The topological polar surface area (TPSA) is 67.2 Å². The number of nitrogens with one attached hydrogen (secondary N) is 2. The molecule has 0 unspecified atom stereocenters. The molecule has 1 aliphatic heterocycles. The maximum Gasteiger partial charge on any atom is 0.158 e. The lowest BCUT2D eigenvalue weighted by molar-refractivity contribution is -0.125. The molecule has 0 amide bonds. The number of aromatic amines is 1. The molecule has 6 nitrogen and oxygen atoms in total. The molecule has 1 aliphatic carbocycles. The lowest BCUT2D eigenvalue weighted by atomic mass is 9.69. The van der Waals surface area contributed by atoms with E-state index < -0.39 is 0 Å². The second kappa shape index (κ2) is 7.14. The van der Waals surface area contributed by atoms with Crippen molar-refractivity contribution >= 4 is 27.2 Å². The first-order valence-electron chi connectivity index (χ1n) is 11.7. The number of H-pyrrole nitrogens is 1. The second-order valence-electron chi connectivity index (χ2n) is 10.00. The van der Waals surface area contributed by atoms with Crippen LogP contribution in [0.1, 0.15) is 65.7 Å². The van der Waals surface area contributed by atoms with Crippen molar-refractivity contribution in [3.8, 4) is 11.3 Å². The van der Waals surface area contributed by atoms with Gasteiger partial charge in [0.05, 0.1) is 17.9 Å². The van der Waals surface area contributed by atoms with Crippen LogP contribution in [-0.4, -0.2) is 44.9 Å². The number of nitrogens with zero attached hydrogens (tertiary/aromatic N) is 3. The predicted octanol–water partition coefficient (Wildman–Crippen LogP) is 5.22. The molecule has 168 valence electrons. The van der Waals surface area contributed by atoms with Crippen molar-refractivity contribution in [1.82, 2.24) is 24.9 Å². The van der Waals surface area contributed by atoms with E-state index in [1.54, 1.807) is 11.2 Å². The molecule has 2 aliphatic rings. The summed E-state index contributed by atoms with van der Waals surface area (Å²) in [4.78, 5) is 11.1. The summed E-state index contributed by atoms with van der Waals surface area (Å²) < 4.78 is 8.07. The van der Waals surface area contributed by atoms with Crippen LogP contribution in [0.5, 0.6) is 0 Å². The second-order valence-corrected chi connectivity index (χ2v) is 11.1. The molecule has 0 bridgehead atoms. The van der Waals surface area contributed by atoms with Gasteiger partial charge in [-0.05, 0) is 67.7 Å². The van der Waals surface area contributed by atoms with Crippen molar-refractivity contribution in [2.75, 3.05) is 19.7 Å². The maximum absolute atomic E-state index is 6.16. The molecule has 32 heavy (non-hydrogen) atoms. The lowest BCUT2D eigenvalue weighted by Crippen LogP contribution is -2.56. The summed E-state index contributed by atoms with van der Waals surface area (Å²) in [6.45, 7) is 14.1. The Morgan fingerprint density at radius 3 is 2.72 bits per heavy atom. The number of ether oxygens (including phenoxy) is 1. The van der Waals surface area contributed by atoms with Gasteiger partial charge in [-0.2, -0.15) is 5.10 Å². The first kappa shape index (κ1) is 20.4. The number of aryl methyl sites for hydroxylation is 2. The summed E-state index contributed by atoms with van der Waals surface area (Å²) in [5, 5.41) is 9.36. The third-order valence-corrected chi connectivity index (χ3v) is 9.05. The fourth-order valence-corrected chi connectivity index (χ4v) is 7.20. The molecule has 4 aromatic heterocycles. The standard InChI is InChI=1S/C25H31N5OS/c1-13(2)19-20-16(5)22(17-8-25(9-17)11-26-6-7-31-25)32-24(20)29-21(19)18-10-30-23(27-12-28-30)15(4)14(18)3/h10,12-13,17,26,29H,6-9,11H2,1-5H3. The van der Waals surface area contributed by atoms with Crippen molar-refractivity contribution in [1.29, 1.82) is 0 Å². The molecule has 0 atom stereocenters. The van der Waals surface area contributed by atoms with E-state index >= 15 is 0 Å². The SMILES string of the molecule is Cc1c(-c2[nH]c3sc(C4CC5(CNCCO5)C4)c(C)c3c2C(C)C)cn2ncnc2c1C. The highest BCUT2D eigenvalue weighted by Crippen LogP contribution is 2.53. The van der Waals surface area contributed by atoms with Gasteiger partial charge in [-0.1, -0.05) is 13.8 Å². The molecule has 1 saturated heterocycles. The minimum absolute atomic E-state index is 0.0704. The lowest BCUT2D eigenvalue weighted by Gasteiger charge is -2.49. The third kappa shape index (κ3) is 2.84. The minimum atomic E-state index is 0.0704. The zero-order chi connectivity index (χ0) is 22.2. The van der Waals surface area contributed by atoms with E-state index in [-0.39, 0.29) is 5.60 Å². The van der Waals surface area contributed by atoms with Crippen LogP contribution in [0.15, 0.2) is 12.5 Å². The van der Waals surface area contributed by atoms with E-state index in [9.17, 15) is 0 Å². The summed E-state index contributed by atoms with van der Waals surface area (Å²) in [6.07, 6.45) is 6.03. The van der Waals surface area contributed by atoms with Gasteiger partial charge in [-0.15, -0.1) is 11.3 Å². The average Bonchev–Trinajstić information content (AvgIpc) is 3.44. The van der Waals surface area contributed by atoms with Gasteiger partial charge in [0.1, 0.15) is 11.2 Å². The van der Waals surface area contributed by atoms with Crippen LogP contribution < -0.4 is 5.32 Å². The van der Waals surface area contributed by atoms with Gasteiger partial charge in [-0.3, -0.25) is 0 Å². The first-order chi connectivity index (χ1) is 15.4. The van der Waals surface area contributed by atoms with E-state index in [0.717, 1.165) is 38.2 Å². The van der Waals surface area contributed by atoms with Gasteiger partial charge in [0.2, 0.25) is 0 Å². The van der Waals surface area contributed by atoms with E-state index in [4.69, 9.17) is 4.74 Å². The fraction of sp³-hybridized carbons (Fsp3) is 0.520. The number of rotatable bonds is 3. The predicted molar refractivity (Wildman–Crippen MR) is 130 cm³/mol. The summed E-state index contributed by atoms with van der Waals surface area (Å²) in [5.74, 6) is 1.03. The van der Waals surface area contributed by atoms with E-state index in [1.165, 1.54) is 43.7 Å². The number of pyridine rings is 1. The zero-order valence-corrected chi connectivity index (χ0v) is 20.3. The van der Waals surface area contributed by atoms with Crippen LogP contribution in [0.2, 0.25) is 0 Å². The number of hydrogen-bond acceptors (Lipinski definition) is 5. The van der Waals surface area contributed by atoms with E-state index in [2.05, 4.69) is 61.2 Å². The summed E-state index contributed by atoms with van der Waals surface area (Å²) >= 11 is 1.95. The molecular formula is C25H31N5OS. The Labute approximate surface area is 192 Å². The van der Waals surface area contributed by atoms with Crippen LogP contribution in [-0.2, 0) is 4.74 Å². The molecule has 2 fully saturated rings. The van der Waals surface area contributed by atoms with Crippen LogP contribution in [0.3, 0.4) is 0 Å². The quantitative estimate of drug-likeness (QED) is 0.450. The Hall–Kier alpha value is -2.22. The van der Waals surface area contributed by atoms with Crippen LogP contribution in [0.25, 0.3) is 27.1 Å². The first-order valence-corrected chi connectivity index (χ1v) is 12.5. The number of hydrogen-bond donors (Lipinski definition) is 2. The Morgan fingerprint density at radius 1 is 1.19 bits per heavy atom. The van der Waals surface area contributed by atoms with Gasteiger partial charge in [0, 0.05) is 35.1 Å². The molecule has 1 saturated carbocycles. The molecule has 6 rings (SSSR count). The molecule has 0 aromatic carbocycles. The molecule has 5 heterocycles. The number of fused-ring (bicyclic) bond motifs is 2. The number of aromatic nitrogens is 4. The Balaban J connectivity index is 1.45. The maximum atomic E-state index is 6.16. The monoisotopic (exact) mass is 449 g/mol. The highest BCUT2D eigenvalue weighted by molar-refractivity contribution is 7.19. The fourth-order valence-electron chi connectivity index (χ4n) is 5.88. The van der Waals surface area contributed by atoms with Crippen LogP contribution in [0, 0.1) is 20.8 Å². The van der Waals surface area contributed by atoms with Crippen molar-refractivity contribution < 1.29 is 4.74 Å². The smallest absolute Gasteiger partial charge is 0.158 e. The summed E-state index contributed by atoms with van der Waals surface area (Å²) in [7, 11) is 0.